The summed E-state index contributed by atoms with van der Waals surface area (Å²) in [6.45, 7) is 3.62. The van der Waals surface area contributed by atoms with Crippen LogP contribution in [0.4, 0.5) is 5.82 Å². The number of nitrogens with two attached hydrogens (primary N) is 1. The number of carbonyl (C=O) groups excluding carboxylic acids is 2. The highest BCUT2D eigenvalue weighted by atomic mass is 32.2. The van der Waals surface area contributed by atoms with E-state index in [1.165, 1.54) is 0 Å². The van der Waals surface area contributed by atoms with Gasteiger partial charge in [-0.05, 0) is 13.8 Å². The zero-order valence-electron chi connectivity index (χ0n) is 15.5. The minimum absolute atomic E-state index is 0.0800. The molecule has 1 aliphatic rings. The highest BCUT2D eigenvalue weighted by Gasteiger charge is 2.55. The first-order chi connectivity index (χ1) is 13.4. The molecule has 1 aliphatic heterocycles. The van der Waals surface area contributed by atoms with E-state index < -0.39 is 16.7 Å². The highest BCUT2D eigenvalue weighted by Crippen LogP contribution is 2.49. The van der Waals surface area contributed by atoms with E-state index in [0.717, 1.165) is 17.3 Å². The van der Waals surface area contributed by atoms with E-state index in [1.54, 1.807) is 13.8 Å². The fraction of sp³-hybridized carbons (Fsp3) is 0.316. The molecule has 1 aromatic carbocycles. The van der Waals surface area contributed by atoms with Crippen LogP contribution in [-0.4, -0.2) is 45.6 Å². The summed E-state index contributed by atoms with van der Waals surface area (Å²) in [5, 5.41) is 8.97. The average molecular weight is 400 g/mol. The van der Waals surface area contributed by atoms with Gasteiger partial charge in [0.1, 0.15) is 10.8 Å². The minimum Gasteiger partial charge on any atom is -0.466 e. The molecule has 146 valence electrons. The molecule has 8 nitrogen and oxygen atoms in total. The molecule has 0 aliphatic carbocycles. The third-order valence-corrected chi connectivity index (χ3v) is 5.52. The molecular formula is C19H20N4O4S. The number of fused-ring (bicyclic) bond motifs is 1. The standard InChI is InChI=1S/C19H20N4O4S/c1-3-26-12(24)10-19(18(25)27-4-2)14(20)13-15(21)22-16(23-17(13)28-19)11-8-6-5-7-9-11/h5-9,20H,3-4,10H2,1-2H3,(H2,21,22,23). The first-order valence-electron chi connectivity index (χ1n) is 8.77. The number of carbonyl (C=O) groups is 2. The molecule has 1 aromatic heterocycles. The van der Waals surface area contributed by atoms with Crippen LogP contribution in [0.3, 0.4) is 0 Å². The van der Waals surface area contributed by atoms with E-state index in [4.69, 9.17) is 20.6 Å². The molecule has 0 saturated heterocycles. The van der Waals surface area contributed by atoms with Crippen molar-refractivity contribution in [3.63, 3.8) is 0 Å². The quantitative estimate of drug-likeness (QED) is 0.559. The maximum Gasteiger partial charge on any atom is 0.329 e. The molecule has 28 heavy (non-hydrogen) atoms. The fourth-order valence-corrected chi connectivity index (χ4v) is 4.21. The second-order valence-corrected chi connectivity index (χ2v) is 7.27. The molecule has 0 fully saturated rings. The third-order valence-electron chi connectivity index (χ3n) is 4.16. The summed E-state index contributed by atoms with van der Waals surface area (Å²) in [6.07, 6.45) is -0.348. The number of esters is 2. The topological polar surface area (TPSA) is 128 Å². The summed E-state index contributed by atoms with van der Waals surface area (Å²) in [5.41, 5.74) is 6.97. The number of ether oxygens (including phenoxy) is 2. The Hall–Kier alpha value is -2.94. The number of nitrogen functional groups attached to an aromatic ring is 1. The van der Waals surface area contributed by atoms with Gasteiger partial charge in [-0.2, -0.15) is 0 Å². The minimum atomic E-state index is -1.59. The van der Waals surface area contributed by atoms with Gasteiger partial charge >= 0.3 is 11.9 Å². The Labute approximate surface area is 166 Å². The van der Waals surface area contributed by atoms with Gasteiger partial charge in [0.25, 0.3) is 0 Å². The zero-order valence-corrected chi connectivity index (χ0v) is 16.3. The van der Waals surface area contributed by atoms with Crippen LogP contribution in [0.2, 0.25) is 0 Å². The van der Waals surface area contributed by atoms with E-state index in [1.807, 2.05) is 30.3 Å². The van der Waals surface area contributed by atoms with Crippen LogP contribution < -0.4 is 5.73 Å². The lowest BCUT2D eigenvalue weighted by Gasteiger charge is -2.24. The Morgan fingerprint density at radius 3 is 2.46 bits per heavy atom. The Balaban J connectivity index is 2.06. The van der Waals surface area contributed by atoms with Crippen molar-refractivity contribution in [3.05, 3.63) is 35.9 Å². The maximum atomic E-state index is 12.8. The SMILES string of the molecule is CCOC(=O)CC1(C(=O)OCC)Sc2nc(-c3ccccc3)nc(N)c2C1=N. The van der Waals surface area contributed by atoms with Gasteiger partial charge in [0.2, 0.25) is 0 Å². The smallest absolute Gasteiger partial charge is 0.329 e. The Morgan fingerprint density at radius 1 is 1.14 bits per heavy atom. The number of nitrogens with zero attached hydrogens (tertiary/aromatic N) is 2. The molecule has 1 atom stereocenters. The van der Waals surface area contributed by atoms with Crippen molar-refractivity contribution in [2.24, 2.45) is 0 Å². The van der Waals surface area contributed by atoms with Crippen LogP contribution in [0.1, 0.15) is 25.8 Å². The summed E-state index contributed by atoms with van der Waals surface area (Å²) in [7, 11) is 0. The molecule has 0 radical (unpaired) electrons. The van der Waals surface area contributed by atoms with Crippen LogP contribution in [0.15, 0.2) is 35.4 Å². The summed E-state index contributed by atoms with van der Waals surface area (Å²) >= 11 is 0.986. The third kappa shape index (κ3) is 3.45. The van der Waals surface area contributed by atoms with Crippen LogP contribution in [0.25, 0.3) is 11.4 Å². The Kier molecular flexibility index (Phi) is 5.64. The number of rotatable bonds is 6. The molecule has 0 amide bonds. The zero-order chi connectivity index (χ0) is 20.3. The van der Waals surface area contributed by atoms with Gasteiger partial charge in [-0.15, -0.1) is 0 Å². The summed E-state index contributed by atoms with van der Waals surface area (Å²) in [6, 6.07) is 9.24. The number of thioether (sulfide) groups is 1. The van der Waals surface area contributed by atoms with Crippen molar-refractivity contribution in [1.82, 2.24) is 9.97 Å². The molecule has 1 unspecified atom stereocenters. The number of aromatic nitrogens is 2. The van der Waals surface area contributed by atoms with Crippen molar-refractivity contribution in [3.8, 4) is 11.4 Å². The van der Waals surface area contributed by atoms with E-state index in [-0.39, 0.29) is 36.7 Å². The van der Waals surface area contributed by atoms with E-state index in [0.29, 0.717) is 10.9 Å². The lowest BCUT2D eigenvalue weighted by Crippen LogP contribution is -2.44. The number of anilines is 1. The fourth-order valence-electron chi connectivity index (χ4n) is 2.90. The molecule has 0 spiro atoms. The van der Waals surface area contributed by atoms with E-state index in [2.05, 4.69) is 9.97 Å². The number of nitrogens with one attached hydrogen (secondary N) is 1. The van der Waals surface area contributed by atoms with Crippen molar-refractivity contribution < 1.29 is 19.1 Å². The molecule has 9 heteroatoms. The lowest BCUT2D eigenvalue weighted by molar-refractivity contribution is -0.150. The summed E-state index contributed by atoms with van der Waals surface area (Å²) < 4.78 is 8.58. The monoisotopic (exact) mass is 400 g/mol. The summed E-state index contributed by atoms with van der Waals surface area (Å²) in [5.74, 6) is -0.837. The highest BCUT2D eigenvalue weighted by molar-refractivity contribution is 8.02. The molecule has 3 rings (SSSR count). The van der Waals surface area contributed by atoms with Gasteiger partial charge in [0.15, 0.2) is 10.6 Å². The van der Waals surface area contributed by atoms with Crippen molar-refractivity contribution in [1.29, 1.82) is 5.41 Å². The predicted octanol–water partition coefficient (Wildman–Crippen LogP) is 2.45. The molecule has 3 N–H and O–H groups in total. The largest absolute Gasteiger partial charge is 0.466 e. The molecule has 0 bridgehead atoms. The lowest BCUT2D eigenvalue weighted by atomic mass is 9.94. The van der Waals surface area contributed by atoms with E-state index >= 15 is 0 Å². The number of benzene rings is 1. The Morgan fingerprint density at radius 2 is 1.82 bits per heavy atom. The van der Waals surface area contributed by atoms with Gasteiger partial charge in [-0.25, -0.2) is 9.97 Å². The predicted molar refractivity (Wildman–Crippen MR) is 105 cm³/mol. The molecule has 2 aromatic rings. The second-order valence-electron chi connectivity index (χ2n) is 5.98. The number of hydrogen-bond donors (Lipinski definition) is 2. The van der Waals surface area contributed by atoms with Crippen LogP contribution in [0, 0.1) is 5.41 Å². The normalized spacial score (nSPS) is 17.9. The van der Waals surface area contributed by atoms with Crippen molar-refractivity contribution >= 4 is 35.2 Å². The van der Waals surface area contributed by atoms with Gasteiger partial charge < -0.3 is 20.6 Å². The average Bonchev–Trinajstić information content (AvgIpc) is 2.96. The maximum absolute atomic E-state index is 12.8. The summed E-state index contributed by atoms with van der Waals surface area (Å²) in [4.78, 5) is 33.7. The van der Waals surface area contributed by atoms with Gasteiger partial charge in [-0.1, -0.05) is 42.1 Å². The first kappa shape index (κ1) is 19.8. The van der Waals surface area contributed by atoms with Gasteiger partial charge in [-0.3, -0.25) is 9.59 Å². The second kappa shape index (κ2) is 7.97. The van der Waals surface area contributed by atoms with Gasteiger partial charge in [0, 0.05) is 5.56 Å². The molecule has 0 saturated carbocycles. The van der Waals surface area contributed by atoms with Crippen LogP contribution in [0.5, 0.6) is 0 Å². The van der Waals surface area contributed by atoms with Crippen molar-refractivity contribution in [2.75, 3.05) is 18.9 Å². The molecular weight excluding hydrogens is 380 g/mol. The molecule has 2 heterocycles. The van der Waals surface area contributed by atoms with E-state index in [9.17, 15) is 9.59 Å². The van der Waals surface area contributed by atoms with Gasteiger partial charge in [0.05, 0.1) is 30.9 Å². The Bertz CT molecular complexity index is 935. The first-order valence-corrected chi connectivity index (χ1v) is 9.58. The van der Waals surface area contributed by atoms with Crippen molar-refractivity contribution in [2.45, 2.75) is 30.0 Å². The number of hydrogen-bond acceptors (Lipinski definition) is 9. The van der Waals surface area contributed by atoms with Crippen LogP contribution >= 0.6 is 11.8 Å². The van der Waals surface area contributed by atoms with Crippen LogP contribution in [-0.2, 0) is 19.1 Å².